The molecule has 21 heavy (non-hydrogen) atoms. The summed E-state index contributed by atoms with van der Waals surface area (Å²) >= 11 is 5.88. The predicted molar refractivity (Wildman–Crippen MR) is 80.9 cm³/mol. The van der Waals surface area contributed by atoms with Crippen molar-refractivity contribution in [1.82, 2.24) is 10.2 Å². The summed E-state index contributed by atoms with van der Waals surface area (Å²) in [4.78, 5) is 25.6. The Morgan fingerprint density at radius 2 is 1.95 bits per heavy atom. The maximum atomic E-state index is 13.0. The molecule has 0 heterocycles. The maximum Gasteiger partial charge on any atom is 0.255 e. The quantitative estimate of drug-likeness (QED) is 0.929. The number of amides is 2. The lowest BCUT2D eigenvalue weighted by Gasteiger charge is -2.25. The SMILES string of the molecule is CCN(CC(=O)NC(C)(C)C)C(=O)c1ccc(F)cc1Cl. The average Bonchev–Trinajstić information content (AvgIpc) is 2.33. The fourth-order valence-corrected chi connectivity index (χ4v) is 2.04. The molecule has 0 bridgehead atoms. The topological polar surface area (TPSA) is 49.4 Å². The van der Waals surface area contributed by atoms with Gasteiger partial charge in [-0.1, -0.05) is 11.6 Å². The Labute approximate surface area is 129 Å². The van der Waals surface area contributed by atoms with Crippen LogP contribution in [0.25, 0.3) is 0 Å². The summed E-state index contributed by atoms with van der Waals surface area (Å²) < 4.78 is 13.0. The van der Waals surface area contributed by atoms with Gasteiger partial charge >= 0.3 is 0 Å². The van der Waals surface area contributed by atoms with E-state index in [9.17, 15) is 14.0 Å². The number of halogens is 2. The van der Waals surface area contributed by atoms with Gasteiger partial charge in [0.25, 0.3) is 5.91 Å². The minimum Gasteiger partial charge on any atom is -0.350 e. The number of carbonyl (C=O) groups is 2. The molecule has 0 spiro atoms. The highest BCUT2D eigenvalue weighted by atomic mass is 35.5. The number of nitrogens with zero attached hydrogens (tertiary/aromatic N) is 1. The van der Waals surface area contributed by atoms with E-state index in [1.165, 1.54) is 17.0 Å². The van der Waals surface area contributed by atoms with Gasteiger partial charge in [0.1, 0.15) is 5.82 Å². The fourth-order valence-electron chi connectivity index (χ4n) is 1.79. The second kappa shape index (κ2) is 6.89. The molecule has 1 rings (SSSR count). The van der Waals surface area contributed by atoms with Crippen LogP contribution < -0.4 is 5.32 Å². The smallest absolute Gasteiger partial charge is 0.255 e. The van der Waals surface area contributed by atoms with Gasteiger partial charge in [-0.05, 0) is 45.9 Å². The van der Waals surface area contributed by atoms with Gasteiger partial charge in [0, 0.05) is 12.1 Å². The highest BCUT2D eigenvalue weighted by Gasteiger charge is 2.22. The van der Waals surface area contributed by atoms with Gasteiger partial charge in [-0.25, -0.2) is 4.39 Å². The summed E-state index contributed by atoms with van der Waals surface area (Å²) in [5, 5.41) is 2.82. The van der Waals surface area contributed by atoms with Gasteiger partial charge in [-0.15, -0.1) is 0 Å². The van der Waals surface area contributed by atoms with E-state index in [4.69, 9.17) is 11.6 Å². The first-order chi connectivity index (χ1) is 9.64. The molecule has 116 valence electrons. The molecule has 6 heteroatoms. The second-order valence-corrected chi connectivity index (χ2v) is 6.15. The van der Waals surface area contributed by atoms with Crippen LogP contribution in [0.15, 0.2) is 18.2 Å². The summed E-state index contributed by atoms with van der Waals surface area (Å²) in [5.74, 6) is -1.16. The van der Waals surface area contributed by atoms with E-state index in [1.54, 1.807) is 6.92 Å². The lowest BCUT2D eigenvalue weighted by molar-refractivity contribution is -0.123. The van der Waals surface area contributed by atoms with Crippen molar-refractivity contribution >= 4 is 23.4 Å². The fraction of sp³-hybridized carbons (Fsp3) is 0.467. The molecule has 0 fully saturated rings. The van der Waals surface area contributed by atoms with Crippen molar-refractivity contribution in [2.24, 2.45) is 0 Å². The molecule has 1 aromatic carbocycles. The summed E-state index contributed by atoms with van der Waals surface area (Å²) in [5.41, 5.74) is -0.184. The summed E-state index contributed by atoms with van der Waals surface area (Å²) in [6.07, 6.45) is 0. The van der Waals surface area contributed by atoms with E-state index in [0.29, 0.717) is 6.54 Å². The normalized spacial score (nSPS) is 11.1. The lowest BCUT2D eigenvalue weighted by atomic mass is 10.1. The number of rotatable bonds is 4. The van der Waals surface area contributed by atoms with Gasteiger partial charge in [-0.3, -0.25) is 9.59 Å². The number of nitrogens with one attached hydrogen (secondary N) is 1. The Hall–Kier alpha value is -1.62. The Bertz CT molecular complexity index is 541. The minimum absolute atomic E-state index is 0.0367. The predicted octanol–water partition coefficient (Wildman–Crippen LogP) is 2.86. The van der Waals surface area contributed by atoms with Crippen molar-refractivity contribution in [3.8, 4) is 0 Å². The van der Waals surface area contributed by atoms with Gasteiger partial charge in [0.15, 0.2) is 0 Å². The molecule has 1 N–H and O–H groups in total. The number of hydrogen-bond acceptors (Lipinski definition) is 2. The first-order valence-electron chi connectivity index (χ1n) is 6.69. The zero-order valence-corrected chi connectivity index (χ0v) is 13.4. The van der Waals surface area contributed by atoms with Crippen LogP contribution in [-0.2, 0) is 4.79 Å². The van der Waals surface area contributed by atoms with Crippen LogP contribution in [0.2, 0.25) is 5.02 Å². The number of carbonyl (C=O) groups excluding carboxylic acids is 2. The van der Waals surface area contributed by atoms with Crippen LogP contribution in [0, 0.1) is 5.82 Å². The van der Waals surface area contributed by atoms with Crippen molar-refractivity contribution < 1.29 is 14.0 Å². The standard InChI is InChI=1S/C15H20ClFN2O2/c1-5-19(9-13(20)18-15(2,3)4)14(21)11-7-6-10(17)8-12(11)16/h6-8H,5,9H2,1-4H3,(H,18,20). The molecule has 0 unspecified atom stereocenters. The molecule has 0 aliphatic rings. The molecule has 1 aromatic rings. The first-order valence-corrected chi connectivity index (χ1v) is 7.07. The Morgan fingerprint density at radius 1 is 1.33 bits per heavy atom. The van der Waals surface area contributed by atoms with Crippen molar-refractivity contribution in [2.75, 3.05) is 13.1 Å². The summed E-state index contributed by atoms with van der Waals surface area (Å²) in [6, 6.07) is 3.57. The van der Waals surface area contributed by atoms with Crippen LogP contribution in [0.5, 0.6) is 0 Å². The molecule has 4 nitrogen and oxygen atoms in total. The highest BCUT2D eigenvalue weighted by Crippen LogP contribution is 2.19. The number of likely N-dealkylation sites (N-methyl/N-ethyl adjacent to an activating group) is 1. The van der Waals surface area contributed by atoms with Crippen LogP contribution in [0.3, 0.4) is 0 Å². The number of hydrogen-bond donors (Lipinski definition) is 1. The molecule has 0 aromatic heterocycles. The Morgan fingerprint density at radius 3 is 2.43 bits per heavy atom. The second-order valence-electron chi connectivity index (χ2n) is 5.74. The molecular weight excluding hydrogens is 295 g/mol. The molecule has 0 radical (unpaired) electrons. The molecule has 0 aliphatic heterocycles. The third-order valence-electron chi connectivity index (χ3n) is 2.68. The van der Waals surface area contributed by atoms with E-state index in [-0.39, 0.29) is 28.6 Å². The van der Waals surface area contributed by atoms with Crippen molar-refractivity contribution in [2.45, 2.75) is 33.2 Å². The zero-order chi connectivity index (χ0) is 16.2. The molecule has 0 saturated heterocycles. The van der Waals surface area contributed by atoms with Gasteiger partial charge < -0.3 is 10.2 Å². The number of benzene rings is 1. The van der Waals surface area contributed by atoms with Crippen LogP contribution in [0.4, 0.5) is 4.39 Å². The van der Waals surface area contributed by atoms with Crippen molar-refractivity contribution in [3.05, 3.63) is 34.6 Å². The Balaban J connectivity index is 2.84. The van der Waals surface area contributed by atoms with E-state index < -0.39 is 11.7 Å². The zero-order valence-electron chi connectivity index (χ0n) is 12.7. The van der Waals surface area contributed by atoms with Crippen LogP contribution in [0.1, 0.15) is 38.1 Å². The van der Waals surface area contributed by atoms with E-state index >= 15 is 0 Å². The Kier molecular flexibility index (Phi) is 5.72. The monoisotopic (exact) mass is 314 g/mol. The molecule has 0 saturated carbocycles. The van der Waals surface area contributed by atoms with Gasteiger partial charge in [0.2, 0.25) is 5.91 Å². The first kappa shape index (κ1) is 17.4. The minimum atomic E-state index is -0.509. The van der Waals surface area contributed by atoms with Crippen LogP contribution >= 0.6 is 11.6 Å². The molecule has 2 amide bonds. The molecule has 0 atom stereocenters. The van der Waals surface area contributed by atoms with E-state index in [2.05, 4.69) is 5.32 Å². The third kappa shape index (κ3) is 5.34. The van der Waals surface area contributed by atoms with Crippen molar-refractivity contribution in [1.29, 1.82) is 0 Å². The summed E-state index contributed by atoms with van der Waals surface area (Å²) in [7, 11) is 0. The summed E-state index contributed by atoms with van der Waals surface area (Å²) in [6.45, 7) is 7.63. The van der Waals surface area contributed by atoms with E-state index in [0.717, 1.165) is 6.07 Å². The average molecular weight is 315 g/mol. The highest BCUT2D eigenvalue weighted by molar-refractivity contribution is 6.33. The molecule has 0 aliphatic carbocycles. The lowest BCUT2D eigenvalue weighted by Crippen LogP contribution is -2.47. The van der Waals surface area contributed by atoms with Crippen molar-refractivity contribution in [3.63, 3.8) is 0 Å². The molecular formula is C15H20ClFN2O2. The van der Waals surface area contributed by atoms with Gasteiger partial charge in [0.05, 0.1) is 17.1 Å². The maximum absolute atomic E-state index is 13.0. The third-order valence-corrected chi connectivity index (χ3v) is 2.99. The van der Waals surface area contributed by atoms with Gasteiger partial charge in [-0.2, -0.15) is 0 Å². The van der Waals surface area contributed by atoms with Crippen LogP contribution in [-0.4, -0.2) is 35.3 Å². The largest absolute Gasteiger partial charge is 0.350 e. The van der Waals surface area contributed by atoms with E-state index in [1.807, 2.05) is 20.8 Å².